The van der Waals surface area contributed by atoms with Crippen molar-refractivity contribution in [1.29, 1.82) is 0 Å². The molecule has 0 spiro atoms. The average molecular weight is 179 g/mol. The quantitative estimate of drug-likeness (QED) is 0.543. The zero-order valence-electron chi connectivity index (χ0n) is 7.91. The fourth-order valence-corrected chi connectivity index (χ4v) is 1.39. The Labute approximate surface area is 78.2 Å². The van der Waals surface area contributed by atoms with Gasteiger partial charge in [0.15, 0.2) is 0 Å². The molecule has 0 amide bonds. The average Bonchev–Trinajstić information content (AvgIpc) is 2.04. The van der Waals surface area contributed by atoms with Crippen molar-refractivity contribution in [3.8, 4) is 0 Å². The van der Waals surface area contributed by atoms with Gasteiger partial charge in [-0.05, 0) is 12.5 Å². The molecule has 0 aliphatic carbocycles. The normalized spacial score (nSPS) is 15.0. The Morgan fingerprint density at radius 3 is 2.23 bits per heavy atom. The highest BCUT2D eigenvalue weighted by Gasteiger charge is 2.13. The molecule has 0 saturated heterocycles. The first-order valence-corrected chi connectivity index (χ1v) is 4.28. The van der Waals surface area contributed by atoms with Gasteiger partial charge in [0.1, 0.15) is 0 Å². The summed E-state index contributed by atoms with van der Waals surface area (Å²) in [6.07, 6.45) is -0.583. The summed E-state index contributed by atoms with van der Waals surface area (Å²) >= 11 is 0. The van der Waals surface area contributed by atoms with Crippen LogP contribution in [0.2, 0.25) is 0 Å². The molecule has 3 N–H and O–H groups in total. The Morgan fingerprint density at radius 1 is 1.31 bits per heavy atom. The second kappa shape index (κ2) is 4.10. The molecule has 0 radical (unpaired) electrons. The van der Waals surface area contributed by atoms with E-state index in [9.17, 15) is 5.11 Å². The minimum absolute atomic E-state index is 0.418. The third kappa shape index (κ3) is 2.33. The van der Waals surface area contributed by atoms with E-state index < -0.39 is 6.10 Å². The van der Waals surface area contributed by atoms with E-state index >= 15 is 0 Å². The summed E-state index contributed by atoms with van der Waals surface area (Å²) in [6.45, 7) is 3.37. The molecule has 1 aromatic carbocycles. The summed E-state index contributed by atoms with van der Waals surface area (Å²) in [5.74, 6) is 0.418. The third-order valence-corrected chi connectivity index (χ3v) is 1.91. The molecule has 1 unspecified atom stereocenters. The molecule has 0 aromatic heterocycles. The van der Waals surface area contributed by atoms with Crippen LogP contribution in [0.15, 0.2) is 36.1 Å². The molecule has 70 valence electrons. The first kappa shape index (κ1) is 9.81. The van der Waals surface area contributed by atoms with Crippen LogP contribution >= 0.6 is 0 Å². The molecule has 1 rings (SSSR count). The van der Waals surface area contributed by atoms with Crippen molar-refractivity contribution in [3.63, 3.8) is 0 Å². The SMILES string of the molecule is C/C([OH2+])=C(\c1ccccc1)C(C)O. The van der Waals surface area contributed by atoms with E-state index in [1.165, 1.54) is 0 Å². The van der Waals surface area contributed by atoms with Crippen molar-refractivity contribution in [1.82, 2.24) is 0 Å². The Kier molecular flexibility index (Phi) is 3.09. The molecule has 0 fully saturated rings. The molecule has 0 aliphatic heterocycles. The van der Waals surface area contributed by atoms with E-state index in [0.717, 1.165) is 5.56 Å². The van der Waals surface area contributed by atoms with E-state index in [1.54, 1.807) is 13.8 Å². The number of hydrogen-bond acceptors (Lipinski definition) is 1. The molecule has 1 atom stereocenters. The van der Waals surface area contributed by atoms with Crippen LogP contribution in [0.4, 0.5) is 0 Å². The van der Waals surface area contributed by atoms with Crippen molar-refractivity contribution in [2.75, 3.05) is 0 Å². The fraction of sp³-hybridized carbons (Fsp3) is 0.273. The van der Waals surface area contributed by atoms with E-state index in [1.807, 2.05) is 30.3 Å². The van der Waals surface area contributed by atoms with Crippen molar-refractivity contribution in [2.45, 2.75) is 20.0 Å². The van der Waals surface area contributed by atoms with Gasteiger partial charge in [-0.3, -0.25) is 0 Å². The van der Waals surface area contributed by atoms with Crippen LogP contribution in [0.3, 0.4) is 0 Å². The van der Waals surface area contributed by atoms with Crippen LogP contribution in [-0.4, -0.2) is 16.3 Å². The highest BCUT2D eigenvalue weighted by Crippen LogP contribution is 2.20. The predicted molar refractivity (Wildman–Crippen MR) is 54.3 cm³/mol. The van der Waals surface area contributed by atoms with Gasteiger partial charge in [0.2, 0.25) is 5.76 Å². The summed E-state index contributed by atoms with van der Waals surface area (Å²) < 4.78 is 0. The molecule has 0 saturated carbocycles. The Hall–Kier alpha value is -1.28. The smallest absolute Gasteiger partial charge is 0.232 e. The van der Waals surface area contributed by atoms with Gasteiger partial charge in [0.25, 0.3) is 0 Å². The fourth-order valence-electron chi connectivity index (χ4n) is 1.39. The van der Waals surface area contributed by atoms with Gasteiger partial charge in [-0.15, -0.1) is 0 Å². The Balaban J connectivity index is 3.12. The highest BCUT2D eigenvalue weighted by atomic mass is 16.3. The zero-order chi connectivity index (χ0) is 9.84. The maximum Gasteiger partial charge on any atom is 0.232 e. The number of allylic oxidation sites excluding steroid dienone is 1. The van der Waals surface area contributed by atoms with Crippen molar-refractivity contribution >= 4 is 5.57 Å². The van der Waals surface area contributed by atoms with Gasteiger partial charge in [0, 0.05) is 6.92 Å². The van der Waals surface area contributed by atoms with E-state index in [4.69, 9.17) is 5.11 Å². The monoisotopic (exact) mass is 179 g/mol. The second-order valence-corrected chi connectivity index (χ2v) is 3.08. The van der Waals surface area contributed by atoms with Crippen molar-refractivity contribution in [3.05, 3.63) is 41.7 Å². The summed E-state index contributed by atoms with van der Waals surface area (Å²) in [5, 5.41) is 17.0. The van der Waals surface area contributed by atoms with Crippen LogP contribution < -0.4 is 0 Å². The Morgan fingerprint density at radius 2 is 1.85 bits per heavy atom. The van der Waals surface area contributed by atoms with Crippen LogP contribution in [0, 0.1) is 0 Å². The van der Waals surface area contributed by atoms with Gasteiger partial charge in [-0.1, -0.05) is 30.3 Å². The van der Waals surface area contributed by atoms with Gasteiger partial charge < -0.3 is 10.2 Å². The second-order valence-electron chi connectivity index (χ2n) is 3.08. The summed E-state index contributed by atoms with van der Waals surface area (Å²) in [4.78, 5) is 0. The largest absolute Gasteiger partial charge is 0.596 e. The molecular weight excluding hydrogens is 164 g/mol. The minimum Gasteiger partial charge on any atom is -0.596 e. The lowest BCUT2D eigenvalue weighted by molar-refractivity contribution is 0.247. The third-order valence-electron chi connectivity index (χ3n) is 1.91. The molecule has 0 heterocycles. The number of rotatable bonds is 2. The Bertz CT molecular complexity index is 295. The molecular formula is C11H15O2+. The maximum atomic E-state index is 9.46. The summed E-state index contributed by atoms with van der Waals surface area (Å²) in [6, 6.07) is 9.53. The topological polar surface area (TPSA) is 43.1 Å². The van der Waals surface area contributed by atoms with Gasteiger partial charge in [-0.2, -0.15) is 0 Å². The highest BCUT2D eigenvalue weighted by molar-refractivity contribution is 5.69. The molecule has 13 heavy (non-hydrogen) atoms. The lowest BCUT2D eigenvalue weighted by Crippen LogP contribution is -2.05. The molecule has 0 bridgehead atoms. The van der Waals surface area contributed by atoms with Gasteiger partial charge >= 0.3 is 0 Å². The number of hydrogen-bond donors (Lipinski definition) is 1. The van der Waals surface area contributed by atoms with E-state index in [-0.39, 0.29) is 0 Å². The van der Waals surface area contributed by atoms with Crippen molar-refractivity contribution in [2.24, 2.45) is 0 Å². The lowest BCUT2D eigenvalue weighted by atomic mass is 10.0. The summed E-state index contributed by atoms with van der Waals surface area (Å²) in [5.41, 5.74) is 1.62. The van der Waals surface area contributed by atoms with Gasteiger partial charge in [-0.25, -0.2) is 0 Å². The lowest BCUT2D eigenvalue weighted by Gasteiger charge is -2.08. The number of aliphatic hydroxyl groups is 1. The van der Waals surface area contributed by atoms with Crippen LogP contribution in [0.1, 0.15) is 19.4 Å². The standard InChI is InChI=1S/C11H14O2/c1-8(12)11(9(2)13)10-6-4-3-5-7-10/h3-8,12-13H,1-2H3/p+1/b11-9+. The molecule has 1 aromatic rings. The van der Waals surface area contributed by atoms with Crippen LogP contribution in [-0.2, 0) is 0 Å². The first-order valence-electron chi connectivity index (χ1n) is 4.28. The molecule has 0 aliphatic rings. The molecule has 2 heteroatoms. The van der Waals surface area contributed by atoms with Crippen molar-refractivity contribution < 1.29 is 10.2 Å². The van der Waals surface area contributed by atoms with Crippen LogP contribution in [0.25, 0.3) is 5.57 Å². The zero-order valence-corrected chi connectivity index (χ0v) is 7.91. The van der Waals surface area contributed by atoms with E-state index in [0.29, 0.717) is 11.3 Å². The first-order chi connectivity index (χ1) is 6.13. The van der Waals surface area contributed by atoms with Crippen LogP contribution in [0.5, 0.6) is 0 Å². The van der Waals surface area contributed by atoms with E-state index in [2.05, 4.69) is 0 Å². The minimum atomic E-state index is -0.583. The number of aliphatic hydroxyl groups excluding tert-OH is 1. The maximum absolute atomic E-state index is 9.46. The molecule has 2 nitrogen and oxygen atoms in total. The predicted octanol–water partition coefficient (Wildman–Crippen LogP) is 1.52. The number of benzene rings is 1. The summed E-state index contributed by atoms with van der Waals surface area (Å²) in [7, 11) is 0. The van der Waals surface area contributed by atoms with Gasteiger partial charge in [0.05, 0.1) is 11.7 Å².